The van der Waals surface area contributed by atoms with Crippen LogP contribution in [0.1, 0.15) is 128 Å². The van der Waals surface area contributed by atoms with Crippen molar-refractivity contribution in [3.8, 4) is 0 Å². The molecule has 1 aromatic carbocycles. The van der Waals surface area contributed by atoms with Crippen molar-refractivity contribution >= 4 is 0 Å². The smallest absolute Gasteiger partial charge is 0.114 e. The quantitative estimate of drug-likeness (QED) is 0.165. The Morgan fingerprint density at radius 2 is 0.933 bits per heavy atom. The predicted molar refractivity (Wildman–Crippen MR) is 131 cm³/mol. The van der Waals surface area contributed by atoms with Crippen LogP contribution in [-0.2, 0) is 0 Å². The van der Waals surface area contributed by atoms with Gasteiger partial charge in [0.05, 0.1) is 21.1 Å². The van der Waals surface area contributed by atoms with E-state index < -0.39 is 0 Å². The molecule has 0 N–H and O–H groups in total. The minimum Gasteiger partial charge on any atom is -1.00 e. The second kappa shape index (κ2) is 19.4. The number of halogens is 1. The minimum absolute atomic E-state index is 0. The van der Waals surface area contributed by atoms with Crippen LogP contribution in [0.25, 0.3) is 0 Å². The highest BCUT2D eigenvalue weighted by atomic mass is 79.9. The third kappa shape index (κ3) is 15.5. The van der Waals surface area contributed by atoms with Gasteiger partial charge in [-0.15, -0.1) is 0 Å². The summed E-state index contributed by atoms with van der Waals surface area (Å²) in [5, 5.41) is 0. The second-order valence-corrected chi connectivity index (χ2v) is 10.1. The lowest BCUT2D eigenvalue weighted by molar-refractivity contribution is -0.902. The van der Waals surface area contributed by atoms with E-state index in [1.54, 1.807) is 0 Å². The van der Waals surface area contributed by atoms with Crippen molar-refractivity contribution in [1.82, 2.24) is 0 Å². The topological polar surface area (TPSA) is 0 Å². The Hall–Kier alpha value is -0.340. The SMILES string of the molecule is CCCCCCCCCCCCCCCCCCC(c1ccccc1)[N+](C)(C)C.[Br-]. The fourth-order valence-electron chi connectivity index (χ4n) is 4.56. The average Bonchev–Trinajstić information content (AvgIpc) is 2.70. The van der Waals surface area contributed by atoms with E-state index in [2.05, 4.69) is 58.4 Å². The minimum atomic E-state index is 0. The number of nitrogens with zero attached hydrogens (tertiary/aromatic N) is 1. The molecule has 176 valence electrons. The van der Waals surface area contributed by atoms with Crippen molar-refractivity contribution in [3.63, 3.8) is 0 Å². The van der Waals surface area contributed by atoms with Crippen LogP contribution in [0.5, 0.6) is 0 Å². The molecule has 0 aliphatic heterocycles. The standard InChI is InChI=1S/C28H52N.BrH/c1-5-6-7-8-9-10-11-12-13-14-15-16-17-18-19-23-26-28(29(2,3)4)27-24-21-20-22-25-27;/h20-22,24-25,28H,5-19,23,26H2,1-4H3;1H/q+1;/p-1. The Kier molecular flexibility index (Phi) is 19.1. The van der Waals surface area contributed by atoms with E-state index in [1.807, 2.05) is 0 Å². The average molecular weight is 483 g/mol. The van der Waals surface area contributed by atoms with E-state index in [4.69, 9.17) is 0 Å². The molecule has 0 aromatic heterocycles. The van der Waals surface area contributed by atoms with Crippen LogP contribution < -0.4 is 17.0 Å². The van der Waals surface area contributed by atoms with Crippen molar-refractivity contribution in [1.29, 1.82) is 0 Å². The van der Waals surface area contributed by atoms with Gasteiger partial charge in [0.1, 0.15) is 6.04 Å². The highest BCUT2D eigenvalue weighted by molar-refractivity contribution is 5.17. The molecule has 1 unspecified atom stereocenters. The molecule has 1 rings (SSSR count). The van der Waals surface area contributed by atoms with Gasteiger partial charge in [-0.05, 0) is 6.42 Å². The van der Waals surface area contributed by atoms with Crippen molar-refractivity contribution in [3.05, 3.63) is 35.9 Å². The van der Waals surface area contributed by atoms with Crippen molar-refractivity contribution in [2.75, 3.05) is 21.1 Å². The van der Waals surface area contributed by atoms with Crippen LogP contribution in [-0.4, -0.2) is 25.6 Å². The number of hydrogen-bond acceptors (Lipinski definition) is 0. The van der Waals surface area contributed by atoms with E-state index in [0.29, 0.717) is 6.04 Å². The van der Waals surface area contributed by atoms with Crippen LogP contribution >= 0.6 is 0 Å². The first-order chi connectivity index (χ1) is 14.1. The molecule has 0 aliphatic carbocycles. The summed E-state index contributed by atoms with van der Waals surface area (Å²) in [6.45, 7) is 2.30. The van der Waals surface area contributed by atoms with Crippen LogP contribution in [0.2, 0.25) is 0 Å². The zero-order chi connectivity index (χ0) is 21.2. The van der Waals surface area contributed by atoms with Crippen molar-refractivity contribution in [2.45, 2.75) is 122 Å². The Balaban J connectivity index is 0.00000841. The van der Waals surface area contributed by atoms with Crippen LogP contribution in [0.4, 0.5) is 0 Å². The fourth-order valence-corrected chi connectivity index (χ4v) is 4.56. The highest BCUT2D eigenvalue weighted by Crippen LogP contribution is 2.29. The first kappa shape index (κ1) is 29.7. The molecule has 1 aromatic rings. The van der Waals surface area contributed by atoms with Gasteiger partial charge >= 0.3 is 0 Å². The molecule has 1 nitrogen and oxygen atoms in total. The summed E-state index contributed by atoms with van der Waals surface area (Å²) >= 11 is 0. The summed E-state index contributed by atoms with van der Waals surface area (Å²) in [6, 6.07) is 11.7. The van der Waals surface area contributed by atoms with Gasteiger partial charge in [0.15, 0.2) is 0 Å². The van der Waals surface area contributed by atoms with Crippen LogP contribution in [0.3, 0.4) is 0 Å². The van der Waals surface area contributed by atoms with E-state index in [0.717, 1.165) is 4.48 Å². The van der Waals surface area contributed by atoms with Crippen molar-refractivity contribution in [2.24, 2.45) is 0 Å². The molecule has 1 atom stereocenters. The van der Waals surface area contributed by atoms with Crippen LogP contribution in [0, 0.1) is 0 Å². The predicted octanol–water partition coefficient (Wildman–Crippen LogP) is 6.09. The third-order valence-corrected chi connectivity index (χ3v) is 6.45. The van der Waals surface area contributed by atoms with Gasteiger partial charge in [0, 0.05) is 12.0 Å². The molecule has 0 radical (unpaired) electrons. The van der Waals surface area contributed by atoms with E-state index in [1.165, 1.54) is 115 Å². The van der Waals surface area contributed by atoms with Crippen molar-refractivity contribution < 1.29 is 21.5 Å². The lowest BCUT2D eigenvalue weighted by Crippen LogP contribution is -3.00. The van der Waals surface area contributed by atoms with E-state index >= 15 is 0 Å². The Bertz CT molecular complexity index is 465. The van der Waals surface area contributed by atoms with Gasteiger partial charge < -0.3 is 21.5 Å². The highest BCUT2D eigenvalue weighted by Gasteiger charge is 2.24. The zero-order valence-electron chi connectivity index (χ0n) is 20.8. The Labute approximate surface area is 200 Å². The molecular formula is C28H52BrN. The zero-order valence-corrected chi connectivity index (χ0v) is 22.4. The maximum absolute atomic E-state index is 2.34. The molecule has 0 bridgehead atoms. The van der Waals surface area contributed by atoms with Gasteiger partial charge in [-0.3, -0.25) is 0 Å². The normalized spacial score (nSPS) is 12.5. The van der Waals surface area contributed by atoms with Gasteiger partial charge in [-0.25, -0.2) is 0 Å². The molecule has 0 aliphatic rings. The maximum Gasteiger partial charge on any atom is 0.114 e. The molecule has 0 saturated carbocycles. The molecule has 2 heteroatoms. The Morgan fingerprint density at radius 3 is 1.30 bits per heavy atom. The summed E-state index contributed by atoms with van der Waals surface area (Å²) in [4.78, 5) is 0. The molecular weight excluding hydrogens is 430 g/mol. The number of rotatable bonds is 19. The first-order valence-electron chi connectivity index (χ1n) is 12.9. The number of hydrogen-bond donors (Lipinski definition) is 0. The van der Waals surface area contributed by atoms with Gasteiger partial charge in [0.2, 0.25) is 0 Å². The molecule has 0 spiro atoms. The number of unbranched alkanes of at least 4 members (excludes halogenated alkanes) is 15. The largest absolute Gasteiger partial charge is 1.00 e. The number of benzene rings is 1. The second-order valence-electron chi connectivity index (χ2n) is 10.1. The lowest BCUT2D eigenvalue weighted by atomic mass is 9.97. The fraction of sp³-hybridized carbons (Fsp3) is 0.786. The molecule has 0 amide bonds. The van der Waals surface area contributed by atoms with Gasteiger partial charge in [0.25, 0.3) is 0 Å². The van der Waals surface area contributed by atoms with E-state index in [-0.39, 0.29) is 17.0 Å². The molecule has 0 fully saturated rings. The lowest BCUT2D eigenvalue weighted by Gasteiger charge is -2.34. The van der Waals surface area contributed by atoms with Crippen LogP contribution in [0.15, 0.2) is 30.3 Å². The summed E-state index contributed by atoms with van der Waals surface area (Å²) in [7, 11) is 7.01. The Morgan fingerprint density at radius 1 is 0.567 bits per heavy atom. The van der Waals surface area contributed by atoms with Gasteiger partial charge in [-0.1, -0.05) is 134 Å². The van der Waals surface area contributed by atoms with Gasteiger partial charge in [-0.2, -0.15) is 0 Å². The molecule has 30 heavy (non-hydrogen) atoms. The maximum atomic E-state index is 2.34. The van der Waals surface area contributed by atoms with E-state index in [9.17, 15) is 0 Å². The summed E-state index contributed by atoms with van der Waals surface area (Å²) in [5.41, 5.74) is 1.50. The summed E-state index contributed by atoms with van der Waals surface area (Å²) in [5.74, 6) is 0. The summed E-state index contributed by atoms with van der Waals surface area (Å²) < 4.78 is 1.03. The molecule has 0 heterocycles. The third-order valence-electron chi connectivity index (χ3n) is 6.45. The first-order valence-corrected chi connectivity index (χ1v) is 12.9. The molecule has 0 saturated heterocycles. The monoisotopic (exact) mass is 481 g/mol. The summed E-state index contributed by atoms with van der Waals surface area (Å²) in [6.07, 6.45) is 24.4. The number of quaternary nitrogens is 1.